The van der Waals surface area contributed by atoms with E-state index in [-0.39, 0.29) is 17.8 Å². The Morgan fingerprint density at radius 3 is 2.67 bits per heavy atom. The average molecular weight is 463 g/mol. The number of anilines is 1. The maximum absolute atomic E-state index is 14.4. The molecule has 1 N–H and O–H groups in total. The van der Waals surface area contributed by atoms with Gasteiger partial charge in [0.1, 0.15) is 11.5 Å². The molecule has 0 spiro atoms. The van der Waals surface area contributed by atoms with Crippen LogP contribution in [0.2, 0.25) is 5.02 Å². The molecule has 2 aromatic carbocycles. The molecule has 5 rings (SSSR count). The summed E-state index contributed by atoms with van der Waals surface area (Å²) in [5, 5.41) is 7.85. The van der Waals surface area contributed by atoms with Gasteiger partial charge in [-0.3, -0.25) is 9.59 Å². The van der Waals surface area contributed by atoms with Crippen LogP contribution < -0.4 is 10.9 Å². The fourth-order valence-corrected chi connectivity index (χ4v) is 4.37. The van der Waals surface area contributed by atoms with Gasteiger partial charge < -0.3 is 9.88 Å². The summed E-state index contributed by atoms with van der Waals surface area (Å²) in [6.07, 6.45) is 3.90. The summed E-state index contributed by atoms with van der Waals surface area (Å²) >= 11 is 6.23. The third kappa shape index (κ3) is 4.07. The van der Waals surface area contributed by atoms with Gasteiger partial charge in [-0.15, -0.1) is 0 Å². The number of nitrogens with one attached hydrogen (secondary N) is 1. The highest BCUT2D eigenvalue weighted by Crippen LogP contribution is 2.29. The molecule has 1 amide bonds. The molecule has 0 fully saturated rings. The quantitative estimate of drug-likeness (QED) is 0.470. The van der Waals surface area contributed by atoms with Gasteiger partial charge in [-0.2, -0.15) is 5.10 Å². The Labute approximate surface area is 194 Å². The van der Waals surface area contributed by atoms with Gasteiger partial charge >= 0.3 is 0 Å². The molecule has 1 aliphatic carbocycles. The molecule has 8 heteroatoms. The molecule has 2 heterocycles. The van der Waals surface area contributed by atoms with Crippen molar-refractivity contribution in [3.8, 4) is 5.69 Å². The van der Waals surface area contributed by atoms with Crippen LogP contribution in [0.25, 0.3) is 5.69 Å². The first-order chi connectivity index (χ1) is 16.0. The Bertz CT molecular complexity index is 1430. The summed E-state index contributed by atoms with van der Waals surface area (Å²) in [4.78, 5) is 25.5. The largest absolute Gasteiger partial charge is 0.319 e. The molecule has 2 aromatic heterocycles. The first-order valence-corrected chi connectivity index (χ1v) is 11.0. The zero-order valence-corrected chi connectivity index (χ0v) is 18.3. The second-order valence-corrected chi connectivity index (χ2v) is 8.33. The van der Waals surface area contributed by atoms with E-state index in [2.05, 4.69) is 10.4 Å². The predicted octanol–water partition coefficient (Wildman–Crippen LogP) is 4.62. The zero-order chi connectivity index (χ0) is 22.9. The van der Waals surface area contributed by atoms with Crippen LogP contribution in [0.3, 0.4) is 0 Å². The molecular formula is C25H20ClFN4O2. The Morgan fingerprint density at radius 1 is 1.06 bits per heavy atom. The van der Waals surface area contributed by atoms with Crippen molar-refractivity contribution in [3.05, 3.63) is 111 Å². The predicted molar refractivity (Wildman–Crippen MR) is 125 cm³/mol. The molecule has 0 saturated heterocycles. The van der Waals surface area contributed by atoms with Crippen molar-refractivity contribution in [1.82, 2.24) is 14.3 Å². The topological polar surface area (TPSA) is 68.9 Å². The molecule has 0 atom stereocenters. The van der Waals surface area contributed by atoms with Gasteiger partial charge in [-0.05, 0) is 49.1 Å². The van der Waals surface area contributed by atoms with Crippen LogP contribution in [0.1, 0.15) is 33.7 Å². The lowest BCUT2D eigenvalue weighted by Gasteiger charge is -2.10. The van der Waals surface area contributed by atoms with E-state index in [1.54, 1.807) is 36.5 Å². The van der Waals surface area contributed by atoms with Gasteiger partial charge in [0.25, 0.3) is 11.5 Å². The molecule has 0 aliphatic heterocycles. The van der Waals surface area contributed by atoms with Crippen LogP contribution >= 0.6 is 11.6 Å². The third-order valence-corrected chi connectivity index (χ3v) is 6.13. The Morgan fingerprint density at radius 2 is 1.85 bits per heavy atom. The summed E-state index contributed by atoms with van der Waals surface area (Å²) in [5.74, 6) is -0.792. The van der Waals surface area contributed by atoms with Gasteiger partial charge in [-0.1, -0.05) is 41.9 Å². The smallest absolute Gasteiger partial charge is 0.276 e. The molecule has 0 saturated carbocycles. The maximum Gasteiger partial charge on any atom is 0.276 e. The number of para-hydroxylation sites is 1. The van der Waals surface area contributed by atoms with E-state index in [4.69, 9.17) is 11.6 Å². The fourth-order valence-electron chi connectivity index (χ4n) is 4.17. The molecule has 166 valence electrons. The third-order valence-electron chi connectivity index (χ3n) is 5.77. The minimum Gasteiger partial charge on any atom is -0.319 e. The van der Waals surface area contributed by atoms with Gasteiger partial charge in [0.2, 0.25) is 0 Å². The van der Waals surface area contributed by atoms with Crippen molar-refractivity contribution in [3.63, 3.8) is 0 Å². The van der Waals surface area contributed by atoms with Crippen LogP contribution in [0.5, 0.6) is 0 Å². The number of carbonyl (C=O) groups is 1. The molecule has 1 aliphatic rings. The summed E-state index contributed by atoms with van der Waals surface area (Å²) in [6, 6.07) is 16.6. The molecule has 4 aromatic rings. The minimum absolute atomic E-state index is 0.211. The van der Waals surface area contributed by atoms with Crippen LogP contribution in [0, 0.1) is 5.82 Å². The first kappa shape index (κ1) is 21.2. The number of fused-ring (bicyclic) bond motifs is 1. The molecule has 0 radical (unpaired) electrons. The van der Waals surface area contributed by atoms with Crippen molar-refractivity contribution < 1.29 is 9.18 Å². The highest BCUT2D eigenvalue weighted by Gasteiger charge is 2.28. The number of nitrogens with zero attached hydrogens (tertiary/aromatic N) is 3. The van der Waals surface area contributed by atoms with Crippen LogP contribution in [0.15, 0.2) is 71.7 Å². The number of hydrogen-bond donors (Lipinski definition) is 1. The fraction of sp³-hybridized carbons (Fsp3) is 0.160. The van der Waals surface area contributed by atoms with E-state index in [0.29, 0.717) is 22.8 Å². The van der Waals surface area contributed by atoms with Crippen molar-refractivity contribution >= 4 is 23.2 Å². The van der Waals surface area contributed by atoms with Gasteiger partial charge in [-0.25, -0.2) is 9.07 Å². The second-order valence-electron chi connectivity index (χ2n) is 7.92. The highest BCUT2D eigenvalue weighted by atomic mass is 35.5. The lowest BCUT2D eigenvalue weighted by atomic mass is 10.2. The van der Waals surface area contributed by atoms with Crippen molar-refractivity contribution in [1.29, 1.82) is 0 Å². The minimum atomic E-state index is -0.397. The van der Waals surface area contributed by atoms with Crippen molar-refractivity contribution in [2.75, 3.05) is 5.32 Å². The summed E-state index contributed by atoms with van der Waals surface area (Å²) in [5.41, 5.74) is 3.33. The van der Waals surface area contributed by atoms with E-state index in [9.17, 15) is 14.0 Å². The van der Waals surface area contributed by atoms with Crippen molar-refractivity contribution in [2.45, 2.75) is 25.8 Å². The van der Waals surface area contributed by atoms with E-state index in [0.717, 1.165) is 29.7 Å². The van der Waals surface area contributed by atoms with Crippen LogP contribution in [-0.2, 0) is 19.4 Å². The number of amides is 1. The Hall–Kier alpha value is -3.71. The first-order valence-electron chi connectivity index (χ1n) is 10.6. The number of carbonyl (C=O) groups excluding carboxylic acids is 1. The normalized spacial score (nSPS) is 12.5. The number of aromatic nitrogens is 3. The highest BCUT2D eigenvalue weighted by molar-refractivity contribution is 6.31. The standard InChI is InChI=1S/C25H20ClFN4O2/c26-19-8-2-1-6-16(19)14-30-15-17(12-13-23(30)32)28-25(33)24-18-7-5-11-21(18)31(29-24)22-10-4-3-9-20(22)27/h1-4,6,8-10,12-13,15H,5,7,11,14H2,(H,28,33). The summed E-state index contributed by atoms with van der Waals surface area (Å²) < 4.78 is 17.4. The molecule has 0 bridgehead atoms. The number of hydrogen-bond acceptors (Lipinski definition) is 3. The molecule has 6 nitrogen and oxygen atoms in total. The lowest BCUT2D eigenvalue weighted by Crippen LogP contribution is -2.22. The summed E-state index contributed by atoms with van der Waals surface area (Å²) in [7, 11) is 0. The van der Waals surface area contributed by atoms with Crippen LogP contribution in [-0.4, -0.2) is 20.3 Å². The number of pyridine rings is 1. The van der Waals surface area contributed by atoms with E-state index in [1.165, 1.54) is 21.4 Å². The van der Waals surface area contributed by atoms with E-state index in [1.807, 2.05) is 18.2 Å². The second kappa shape index (κ2) is 8.67. The SMILES string of the molecule is O=C(Nc1ccc(=O)n(Cc2ccccc2Cl)c1)c1nn(-c2ccccc2F)c2c1CCC2. The monoisotopic (exact) mass is 462 g/mol. The number of halogens is 2. The van der Waals surface area contributed by atoms with Crippen LogP contribution in [0.4, 0.5) is 10.1 Å². The van der Waals surface area contributed by atoms with Gasteiger partial charge in [0.15, 0.2) is 5.69 Å². The molecular weight excluding hydrogens is 443 g/mol. The van der Waals surface area contributed by atoms with Gasteiger partial charge in [0, 0.05) is 28.5 Å². The zero-order valence-electron chi connectivity index (χ0n) is 17.6. The average Bonchev–Trinajstić information content (AvgIpc) is 3.41. The Balaban J connectivity index is 1.44. The van der Waals surface area contributed by atoms with Gasteiger partial charge in [0.05, 0.1) is 12.2 Å². The lowest BCUT2D eigenvalue weighted by molar-refractivity contribution is 0.102. The van der Waals surface area contributed by atoms with E-state index < -0.39 is 11.7 Å². The molecule has 33 heavy (non-hydrogen) atoms. The van der Waals surface area contributed by atoms with E-state index >= 15 is 0 Å². The maximum atomic E-state index is 14.4. The number of benzene rings is 2. The molecule has 0 unspecified atom stereocenters. The Kier molecular flexibility index (Phi) is 5.56. The number of rotatable bonds is 5. The van der Waals surface area contributed by atoms with Crippen molar-refractivity contribution in [2.24, 2.45) is 0 Å². The summed E-state index contributed by atoms with van der Waals surface area (Å²) in [6.45, 7) is 0.277.